The normalized spacial score (nSPS) is 9.85. The van der Waals surface area contributed by atoms with E-state index in [1.807, 2.05) is 0 Å². The molecule has 0 aliphatic heterocycles. The topological polar surface area (TPSA) is 0 Å². The van der Waals surface area contributed by atoms with E-state index in [2.05, 4.69) is 60.7 Å². The number of rotatable bonds is 2. The summed E-state index contributed by atoms with van der Waals surface area (Å²) in [4.78, 5) is 0. The summed E-state index contributed by atoms with van der Waals surface area (Å²) in [6.45, 7) is 0. The summed E-state index contributed by atoms with van der Waals surface area (Å²) in [7, 11) is 0. The standard InChI is InChI=1S/C12H11Te/c1-3-7-11(8-4-1)13-12-9-5-2-6-10-12/h1-10,13H. The van der Waals surface area contributed by atoms with Crippen LogP contribution < -0.4 is 7.22 Å². The zero-order chi connectivity index (χ0) is 8.93. The van der Waals surface area contributed by atoms with Gasteiger partial charge in [-0.25, -0.2) is 0 Å². The van der Waals surface area contributed by atoms with Crippen molar-refractivity contribution in [3.05, 3.63) is 60.7 Å². The first-order valence-corrected chi connectivity index (χ1v) is 6.82. The van der Waals surface area contributed by atoms with Gasteiger partial charge in [0.2, 0.25) is 0 Å². The van der Waals surface area contributed by atoms with Crippen molar-refractivity contribution in [3.8, 4) is 0 Å². The molecule has 0 aromatic heterocycles. The van der Waals surface area contributed by atoms with Gasteiger partial charge in [0.25, 0.3) is 0 Å². The van der Waals surface area contributed by atoms with E-state index in [1.165, 1.54) is 7.22 Å². The Balaban J connectivity index is 2.16. The Bertz CT molecular complexity index is 316. The molecule has 0 saturated carbocycles. The molecule has 0 saturated heterocycles. The van der Waals surface area contributed by atoms with E-state index in [0.717, 1.165) is 0 Å². The third kappa shape index (κ3) is 2.59. The molecule has 1 radical (unpaired) electrons. The van der Waals surface area contributed by atoms with Gasteiger partial charge in [0.1, 0.15) is 0 Å². The molecule has 0 aliphatic rings. The average molecular weight is 283 g/mol. The average Bonchev–Trinajstić information content (AvgIpc) is 2.21. The Morgan fingerprint density at radius 3 is 1.31 bits per heavy atom. The van der Waals surface area contributed by atoms with Gasteiger partial charge in [0, 0.05) is 0 Å². The quantitative estimate of drug-likeness (QED) is 0.723. The molecule has 0 aliphatic carbocycles. The molecule has 0 unspecified atom stereocenters. The van der Waals surface area contributed by atoms with Crippen LogP contribution in [0.25, 0.3) is 0 Å². The summed E-state index contributed by atoms with van der Waals surface area (Å²) >= 11 is -0.335. The van der Waals surface area contributed by atoms with Gasteiger partial charge < -0.3 is 0 Å². The molecule has 65 valence electrons. The molecular weight excluding hydrogens is 272 g/mol. The Hall–Kier alpha value is -0.770. The summed E-state index contributed by atoms with van der Waals surface area (Å²) < 4.78 is 3.04. The van der Waals surface area contributed by atoms with Crippen LogP contribution in [0.5, 0.6) is 0 Å². The molecule has 2 rings (SSSR count). The van der Waals surface area contributed by atoms with Crippen LogP contribution in [-0.4, -0.2) is 20.9 Å². The molecule has 1 heteroatoms. The van der Waals surface area contributed by atoms with E-state index in [9.17, 15) is 0 Å². The van der Waals surface area contributed by atoms with Gasteiger partial charge in [-0.05, 0) is 0 Å². The molecule has 0 spiro atoms. The van der Waals surface area contributed by atoms with E-state index in [0.29, 0.717) is 0 Å². The van der Waals surface area contributed by atoms with Crippen LogP contribution >= 0.6 is 0 Å². The molecular formula is C12H11Te. The van der Waals surface area contributed by atoms with Crippen LogP contribution in [-0.2, 0) is 0 Å². The second-order valence-electron chi connectivity index (χ2n) is 2.78. The molecule has 0 heterocycles. The summed E-state index contributed by atoms with van der Waals surface area (Å²) in [5.74, 6) is 0. The van der Waals surface area contributed by atoms with Crippen molar-refractivity contribution in [2.45, 2.75) is 0 Å². The van der Waals surface area contributed by atoms with Crippen molar-refractivity contribution >= 4 is 28.1 Å². The van der Waals surface area contributed by atoms with Crippen molar-refractivity contribution in [2.75, 3.05) is 0 Å². The number of hydrogen-bond acceptors (Lipinski definition) is 0. The third-order valence-electron chi connectivity index (χ3n) is 1.77. The van der Waals surface area contributed by atoms with E-state index in [-0.39, 0.29) is 20.9 Å². The van der Waals surface area contributed by atoms with Crippen molar-refractivity contribution in [2.24, 2.45) is 0 Å². The Kier molecular flexibility index (Phi) is 3.02. The van der Waals surface area contributed by atoms with Crippen LogP contribution in [0.15, 0.2) is 60.7 Å². The molecule has 2 aromatic rings. The van der Waals surface area contributed by atoms with Crippen LogP contribution in [0.1, 0.15) is 0 Å². The van der Waals surface area contributed by atoms with Gasteiger partial charge in [0.05, 0.1) is 0 Å². The maximum atomic E-state index is 2.23. The molecule has 0 amide bonds. The summed E-state index contributed by atoms with van der Waals surface area (Å²) in [5, 5.41) is 0. The molecule has 0 N–H and O–H groups in total. The van der Waals surface area contributed by atoms with Crippen molar-refractivity contribution in [3.63, 3.8) is 0 Å². The SMILES string of the molecule is c1ccc([TeH]c2ccccc2)cc1. The zero-order valence-corrected chi connectivity index (χ0v) is 9.77. The monoisotopic (exact) mass is 285 g/mol. The fourth-order valence-electron chi connectivity index (χ4n) is 1.15. The minimum absolute atomic E-state index is 0.335. The van der Waals surface area contributed by atoms with Crippen molar-refractivity contribution in [1.29, 1.82) is 0 Å². The second-order valence-corrected chi connectivity index (χ2v) is 6.37. The Morgan fingerprint density at radius 1 is 0.538 bits per heavy atom. The number of benzene rings is 2. The van der Waals surface area contributed by atoms with Crippen LogP contribution in [0.2, 0.25) is 0 Å². The van der Waals surface area contributed by atoms with Gasteiger partial charge in [-0.3, -0.25) is 0 Å². The molecule has 0 atom stereocenters. The first-order chi connectivity index (χ1) is 6.45. The van der Waals surface area contributed by atoms with Gasteiger partial charge in [-0.15, -0.1) is 0 Å². The van der Waals surface area contributed by atoms with Crippen LogP contribution in [0, 0.1) is 0 Å². The molecule has 0 bridgehead atoms. The van der Waals surface area contributed by atoms with Crippen LogP contribution in [0.4, 0.5) is 0 Å². The maximum absolute atomic E-state index is 2.23. The van der Waals surface area contributed by atoms with Gasteiger partial charge in [-0.1, -0.05) is 0 Å². The predicted molar refractivity (Wildman–Crippen MR) is 59.3 cm³/mol. The molecule has 2 aromatic carbocycles. The Labute approximate surface area is 88.7 Å². The van der Waals surface area contributed by atoms with Crippen molar-refractivity contribution in [1.82, 2.24) is 0 Å². The first kappa shape index (κ1) is 8.81. The van der Waals surface area contributed by atoms with E-state index in [4.69, 9.17) is 0 Å². The van der Waals surface area contributed by atoms with Crippen molar-refractivity contribution < 1.29 is 0 Å². The Morgan fingerprint density at radius 2 is 0.923 bits per heavy atom. The summed E-state index contributed by atoms with van der Waals surface area (Å²) in [5.41, 5.74) is 0. The summed E-state index contributed by atoms with van der Waals surface area (Å²) in [6.07, 6.45) is 0. The van der Waals surface area contributed by atoms with Gasteiger partial charge in [0.15, 0.2) is 0 Å². The van der Waals surface area contributed by atoms with E-state index in [1.54, 1.807) is 0 Å². The minimum atomic E-state index is -0.335. The van der Waals surface area contributed by atoms with Gasteiger partial charge >= 0.3 is 88.8 Å². The molecule has 0 fully saturated rings. The number of hydrogen-bond donors (Lipinski definition) is 0. The second kappa shape index (κ2) is 4.46. The van der Waals surface area contributed by atoms with Crippen LogP contribution in [0.3, 0.4) is 0 Å². The first-order valence-electron chi connectivity index (χ1n) is 4.27. The fourth-order valence-corrected chi connectivity index (χ4v) is 3.84. The fraction of sp³-hybridized carbons (Fsp3) is 0. The molecule has 0 nitrogen and oxygen atoms in total. The zero-order valence-electron chi connectivity index (χ0n) is 7.22. The predicted octanol–water partition coefficient (Wildman–Crippen LogP) is 1.07. The van der Waals surface area contributed by atoms with E-state index < -0.39 is 0 Å². The van der Waals surface area contributed by atoms with E-state index >= 15 is 0 Å². The molecule has 13 heavy (non-hydrogen) atoms. The third-order valence-corrected chi connectivity index (χ3v) is 4.95. The summed E-state index contributed by atoms with van der Waals surface area (Å²) in [6, 6.07) is 21.5. The van der Waals surface area contributed by atoms with Gasteiger partial charge in [-0.2, -0.15) is 0 Å².